The first-order valence-electron chi connectivity index (χ1n) is 9.33. The van der Waals surface area contributed by atoms with Gasteiger partial charge >= 0.3 is 0 Å². The number of nitrogens with zero attached hydrogens (tertiary/aromatic N) is 2. The van der Waals surface area contributed by atoms with Crippen molar-refractivity contribution in [1.29, 1.82) is 0 Å². The summed E-state index contributed by atoms with van der Waals surface area (Å²) in [4.78, 5) is 29.7. The Hall–Kier alpha value is -1.54. The Bertz CT molecular complexity index is 894. The van der Waals surface area contributed by atoms with E-state index in [0.717, 1.165) is 10.0 Å². The molecule has 0 saturated carbocycles. The highest BCUT2D eigenvalue weighted by molar-refractivity contribution is 9.10. The minimum absolute atomic E-state index is 0.0114. The van der Waals surface area contributed by atoms with Crippen molar-refractivity contribution in [3.05, 3.63) is 69.2 Å². The van der Waals surface area contributed by atoms with Gasteiger partial charge < -0.3 is 14.5 Å². The molecule has 8 heteroatoms. The highest BCUT2D eigenvalue weighted by Crippen LogP contribution is 2.28. The number of hydrogen-bond donors (Lipinski definition) is 0. The van der Waals surface area contributed by atoms with Gasteiger partial charge in [0.25, 0.3) is 5.91 Å². The van der Waals surface area contributed by atoms with Crippen LogP contribution in [0, 0.1) is 0 Å². The Morgan fingerprint density at radius 1 is 1.10 bits per heavy atom. The molecule has 0 aliphatic carbocycles. The minimum Gasteiger partial charge on any atom is -0.370 e. The van der Waals surface area contributed by atoms with Gasteiger partial charge in [0, 0.05) is 27.4 Å². The summed E-state index contributed by atoms with van der Waals surface area (Å²) in [6.45, 7) is 1.51. The molecule has 0 N–H and O–H groups in total. The predicted octanol–water partition coefficient (Wildman–Crippen LogP) is 4.22. The number of amides is 2. The van der Waals surface area contributed by atoms with Crippen LogP contribution in [-0.2, 0) is 9.53 Å². The molecule has 2 aliphatic rings. The fourth-order valence-corrected chi connectivity index (χ4v) is 5.08. The molecule has 5 nitrogen and oxygen atoms in total. The number of morpholine rings is 1. The summed E-state index contributed by atoms with van der Waals surface area (Å²) in [5, 5.41) is 0.581. The molecular formula is C21H20BrClN2O3S. The Kier molecular flexibility index (Phi) is 6.49. The maximum absolute atomic E-state index is 13.3. The van der Waals surface area contributed by atoms with Crippen molar-refractivity contribution in [1.82, 2.24) is 9.80 Å². The number of halogens is 2. The van der Waals surface area contributed by atoms with Crippen molar-refractivity contribution >= 4 is 51.1 Å². The fraction of sp³-hybridized carbons (Fsp3) is 0.333. The lowest BCUT2D eigenvalue weighted by Gasteiger charge is -2.36. The number of benzene rings is 2. The molecule has 2 fully saturated rings. The highest BCUT2D eigenvalue weighted by atomic mass is 79.9. The third-order valence-corrected chi connectivity index (χ3v) is 6.93. The molecule has 0 spiro atoms. The van der Waals surface area contributed by atoms with E-state index in [0.29, 0.717) is 41.9 Å². The molecule has 2 aromatic carbocycles. The number of ether oxygens (including phenoxy) is 1. The van der Waals surface area contributed by atoms with Crippen LogP contribution in [0.5, 0.6) is 0 Å². The quantitative estimate of drug-likeness (QED) is 0.640. The van der Waals surface area contributed by atoms with Crippen molar-refractivity contribution in [3.8, 4) is 0 Å². The van der Waals surface area contributed by atoms with E-state index < -0.39 is 6.04 Å². The number of rotatable bonds is 3. The van der Waals surface area contributed by atoms with E-state index in [-0.39, 0.29) is 17.9 Å². The lowest BCUT2D eigenvalue weighted by Crippen LogP contribution is -2.52. The van der Waals surface area contributed by atoms with Crippen LogP contribution in [0.1, 0.15) is 22.0 Å². The van der Waals surface area contributed by atoms with Gasteiger partial charge in [-0.25, -0.2) is 0 Å². The van der Waals surface area contributed by atoms with Crippen molar-refractivity contribution in [2.45, 2.75) is 12.1 Å². The summed E-state index contributed by atoms with van der Waals surface area (Å²) in [5.74, 6) is 0.974. The van der Waals surface area contributed by atoms with Gasteiger partial charge in [-0.3, -0.25) is 9.59 Å². The summed E-state index contributed by atoms with van der Waals surface area (Å²) in [7, 11) is 0. The van der Waals surface area contributed by atoms with Crippen molar-refractivity contribution in [2.75, 3.05) is 31.3 Å². The van der Waals surface area contributed by atoms with Gasteiger partial charge in [0.1, 0.15) is 12.1 Å². The van der Waals surface area contributed by atoms with Crippen LogP contribution in [0.15, 0.2) is 53.0 Å². The first-order valence-corrected chi connectivity index (χ1v) is 11.7. The largest absolute Gasteiger partial charge is 0.370 e. The minimum atomic E-state index is -0.452. The summed E-state index contributed by atoms with van der Waals surface area (Å²) < 4.78 is 6.90. The van der Waals surface area contributed by atoms with Crippen LogP contribution in [0.3, 0.4) is 0 Å². The van der Waals surface area contributed by atoms with Crippen LogP contribution in [0.4, 0.5) is 0 Å². The third kappa shape index (κ3) is 4.63. The lowest BCUT2D eigenvalue weighted by atomic mass is 10.1. The van der Waals surface area contributed by atoms with E-state index in [9.17, 15) is 9.59 Å². The number of hydrogen-bond acceptors (Lipinski definition) is 4. The maximum atomic E-state index is 13.3. The molecule has 0 aromatic heterocycles. The Balaban J connectivity index is 1.46. The SMILES string of the molecule is O=C(C1CSCN1C(=O)c1ccc(Cl)cc1)N1CCOC(c2ccc(Br)cc2)C1. The Labute approximate surface area is 187 Å². The molecule has 152 valence electrons. The average molecular weight is 496 g/mol. The Morgan fingerprint density at radius 3 is 2.55 bits per heavy atom. The summed E-state index contributed by atoms with van der Waals surface area (Å²) in [6, 6.07) is 14.3. The average Bonchev–Trinajstić information content (AvgIpc) is 3.24. The smallest absolute Gasteiger partial charge is 0.255 e. The van der Waals surface area contributed by atoms with Crippen molar-refractivity contribution in [3.63, 3.8) is 0 Å². The molecule has 2 amide bonds. The van der Waals surface area contributed by atoms with E-state index in [1.54, 1.807) is 40.9 Å². The van der Waals surface area contributed by atoms with Crippen LogP contribution in [-0.4, -0.2) is 59.0 Å². The second-order valence-electron chi connectivity index (χ2n) is 6.99. The molecular weight excluding hydrogens is 476 g/mol. The molecule has 29 heavy (non-hydrogen) atoms. The van der Waals surface area contributed by atoms with E-state index in [2.05, 4.69) is 15.9 Å². The molecule has 2 aliphatic heterocycles. The normalized spacial score (nSPS) is 22.0. The Morgan fingerprint density at radius 2 is 1.83 bits per heavy atom. The summed E-state index contributed by atoms with van der Waals surface area (Å²) in [5.41, 5.74) is 1.59. The van der Waals surface area contributed by atoms with Crippen LogP contribution < -0.4 is 0 Å². The molecule has 2 aromatic rings. The topological polar surface area (TPSA) is 49.9 Å². The second kappa shape index (κ2) is 9.08. The highest BCUT2D eigenvalue weighted by Gasteiger charge is 2.39. The molecule has 2 saturated heterocycles. The van der Waals surface area contributed by atoms with Gasteiger partial charge in [-0.05, 0) is 42.0 Å². The molecule has 0 radical (unpaired) electrons. The van der Waals surface area contributed by atoms with Gasteiger partial charge in [-0.15, -0.1) is 11.8 Å². The van der Waals surface area contributed by atoms with E-state index >= 15 is 0 Å². The predicted molar refractivity (Wildman–Crippen MR) is 118 cm³/mol. The zero-order chi connectivity index (χ0) is 20.4. The van der Waals surface area contributed by atoms with Gasteiger partial charge in [-0.1, -0.05) is 39.7 Å². The monoisotopic (exact) mass is 494 g/mol. The molecule has 0 bridgehead atoms. The van der Waals surface area contributed by atoms with Crippen LogP contribution in [0.2, 0.25) is 5.02 Å². The van der Waals surface area contributed by atoms with Crippen molar-refractivity contribution in [2.24, 2.45) is 0 Å². The zero-order valence-electron chi connectivity index (χ0n) is 15.6. The maximum Gasteiger partial charge on any atom is 0.255 e. The molecule has 4 rings (SSSR count). The fourth-order valence-electron chi connectivity index (χ4n) is 3.54. The van der Waals surface area contributed by atoms with Gasteiger partial charge in [-0.2, -0.15) is 0 Å². The van der Waals surface area contributed by atoms with Crippen molar-refractivity contribution < 1.29 is 14.3 Å². The van der Waals surface area contributed by atoms with E-state index in [1.807, 2.05) is 29.2 Å². The zero-order valence-corrected chi connectivity index (χ0v) is 18.8. The van der Waals surface area contributed by atoms with Gasteiger partial charge in [0.2, 0.25) is 5.91 Å². The third-order valence-electron chi connectivity index (χ3n) is 5.14. The summed E-state index contributed by atoms with van der Waals surface area (Å²) in [6.07, 6.45) is -0.157. The number of carbonyl (C=O) groups excluding carboxylic acids is 2. The van der Waals surface area contributed by atoms with Gasteiger partial charge in [0.15, 0.2) is 0 Å². The van der Waals surface area contributed by atoms with Crippen LogP contribution in [0.25, 0.3) is 0 Å². The lowest BCUT2D eigenvalue weighted by molar-refractivity contribution is -0.142. The standard InChI is InChI=1S/C21H20BrClN2O3S/c22-16-5-1-14(2-6-16)19-11-24(9-10-28-19)21(27)18-12-29-13-25(18)20(26)15-3-7-17(23)8-4-15/h1-8,18-19H,9-13H2. The van der Waals surface area contributed by atoms with Gasteiger partial charge in [0.05, 0.1) is 19.0 Å². The first-order chi connectivity index (χ1) is 14.0. The van der Waals surface area contributed by atoms with E-state index in [4.69, 9.17) is 16.3 Å². The second-order valence-corrected chi connectivity index (χ2v) is 9.34. The first kappa shape index (κ1) is 20.7. The molecule has 2 unspecified atom stereocenters. The summed E-state index contributed by atoms with van der Waals surface area (Å²) >= 11 is 11.0. The molecule has 2 heterocycles. The van der Waals surface area contributed by atoms with E-state index in [1.165, 1.54) is 0 Å². The van der Waals surface area contributed by atoms with Crippen LogP contribution >= 0.6 is 39.3 Å². The molecule has 2 atom stereocenters. The number of thioether (sulfide) groups is 1. The number of carbonyl (C=O) groups is 2.